The van der Waals surface area contributed by atoms with Crippen LogP contribution in [0.2, 0.25) is 0 Å². The number of ketones is 1. The zero-order chi connectivity index (χ0) is 20.5. The molecule has 2 saturated carbocycles. The summed E-state index contributed by atoms with van der Waals surface area (Å²) in [6.07, 6.45) is 17.6. The van der Waals surface area contributed by atoms with Gasteiger partial charge in [0.2, 0.25) is 0 Å². The molecule has 1 aromatic carbocycles. The number of aromatic nitrogens is 2. The molecule has 1 heterocycles. The summed E-state index contributed by atoms with van der Waals surface area (Å²) < 4.78 is 6.56. The van der Waals surface area contributed by atoms with E-state index in [1.54, 1.807) is 29.8 Å². The topological polar surface area (TPSA) is 61.2 Å². The Labute approximate surface area is 190 Å². The Morgan fingerprint density at radius 2 is 1.53 bits per heavy atom. The molecule has 10 radical (unpaired) electrons. The van der Waals surface area contributed by atoms with Crippen LogP contribution in [-0.2, 0) is 28.4 Å². The molecule has 0 saturated heterocycles. The van der Waals surface area contributed by atoms with Crippen molar-refractivity contribution in [2.45, 2.75) is 13.5 Å². The van der Waals surface area contributed by atoms with E-state index in [0.717, 1.165) is 5.92 Å². The molecule has 0 amide bonds. The van der Waals surface area contributed by atoms with Gasteiger partial charge in [-0.2, -0.15) is 5.10 Å². The molecule has 2 aliphatic carbocycles. The fourth-order valence-electron chi connectivity index (χ4n) is 2.79. The average molecular weight is 442 g/mol. The van der Waals surface area contributed by atoms with Crippen molar-refractivity contribution in [1.82, 2.24) is 9.78 Å². The van der Waals surface area contributed by atoms with Crippen LogP contribution in [0.5, 0.6) is 0 Å². The molecule has 0 bridgehead atoms. The minimum Gasteiger partial charge on any atom is -0.461 e. The second-order valence-electron chi connectivity index (χ2n) is 6.22. The van der Waals surface area contributed by atoms with E-state index in [0.29, 0.717) is 11.3 Å². The van der Waals surface area contributed by atoms with E-state index >= 15 is 0 Å². The van der Waals surface area contributed by atoms with Crippen molar-refractivity contribution in [2.75, 3.05) is 6.61 Å². The van der Waals surface area contributed by atoms with Crippen LogP contribution < -0.4 is 0 Å². The van der Waals surface area contributed by atoms with Gasteiger partial charge in [0.1, 0.15) is 6.54 Å². The van der Waals surface area contributed by atoms with Crippen LogP contribution >= 0.6 is 0 Å². The quantitative estimate of drug-likeness (QED) is 0.389. The van der Waals surface area contributed by atoms with Gasteiger partial charge in [-0.25, -0.2) is 4.79 Å². The van der Waals surface area contributed by atoms with Crippen LogP contribution in [0.3, 0.4) is 0 Å². The summed E-state index contributed by atoms with van der Waals surface area (Å²) >= 11 is 0. The van der Waals surface area contributed by atoms with Crippen molar-refractivity contribution in [2.24, 2.45) is 0 Å². The first kappa shape index (κ1) is 24.4. The summed E-state index contributed by atoms with van der Waals surface area (Å²) in [5, 5.41) is 4.27. The summed E-state index contributed by atoms with van der Waals surface area (Å²) in [5.41, 5.74) is 1.53. The predicted octanol–water partition coefficient (Wildman–Crippen LogP) is 3.72. The van der Waals surface area contributed by atoms with Crippen molar-refractivity contribution >= 4 is 11.8 Å². The molecule has 0 unspecified atom stereocenters. The van der Waals surface area contributed by atoms with Gasteiger partial charge >= 0.3 is 23.0 Å². The molecule has 152 valence electrons. The summed E-state index contributed by atoms with van der Waals surface area (Å²) in [4.78, 5) is 24.4. The molecule has 1 aromatic heterocycles. The first-order valence-electron chi connectivity index (χ1n) is 9.41. The van der Waals surface area contributed by atoms with E-state index in [4.69, 9.17) is 4.74 Å². The molecule has 0 spiro atoms. The fourth-order valence-corrected chi connectivity index (χ4v) is 2.79. The third-order valence-corrected chi connectivity index (χ3v) is 4.17. The predicted molar refractivity (Wildman–Crippen MR) is 110 cm³/mol. The van der Waals surface area contributed by atoms with E-state index in [9.17, 15) is 9.59 Å². The Morgan fingerprint density at radius 3 is 2.10 bits per heavy atom. The third-order valence-electron chi connectivity index (χ3n) is 4.17. The third kappa shape index (κ3) is 6.82. The monoisotopic (exact) mass is 442 g/mol. The van der Waals surface area contributed by atoms with Crippen LogP contribution in [0.1, 0.15) is 33.5 Å². The van der Waals surface area contributed by atoms with E-state index in [-0.39, 0.29) is 41.7 Å². The number of carbonyl (C=O) groups is 2. The van der Waals surface area contributed by atoms with Crippen LogP contribution in [0.25, 0.3) is 0 Å². The molecule has 4 rings (SSSR count). The molecular formula is C24H22FeN2O3+2. The smallest absolute Gasteiger partial charge is 0.461 e. The normalized spacial score (nSPS) is 15.8. The molecule has 0 atom stereocenters. The van der Waals surface area contributed by atoms with Crippen LogP contribution in [0, 0.1) is 63.7 Å². The van der Waals surface area contributed by atoms with Gasteiger partial charge in [0, 0.05) is 17.2 Å². The first-order valence-corrected chi connectivity index (χ1v) is 9.41. The first-order chi connectivity index (χ1) is 14.2. The summed E-state index contributed by atoms with van der Waals surface area (Å²) in [6.45, 7) is 2.08. The number of benzene rings is 1. The van der Waals surface area contributed by atoms with Crippen molar-refractivity contribution in [3.63, 3.8) is 0 Å². The molecule has 2 aliphatic rings. The number of hydrogen-bond donors (Lipinski definition) is 0. The molecular weight excluding hydrogens is 420 g/mol. The maximum absolute atomic E-state index is 12.5. The van der Waals surface area contributed by atoms with Gasteiger partial charge in [0.15, 0.2) is 11.5 Å². The molecule has 0 N–H and O–H groups in total. The molecule has 2 aromatic rings. The van der Waals surface area contributed by atoms with Crippen molar-refractivity contribution in [3.8, 4) is 0 Å². The summed E-state index contributed by atoms with van der Waals surface area (Å²) in [7, 11) is 0. The Balaban J connectivity index is 0.000000468. The minimum atomic E-state index is -0.490. The van der Waals surface area contributed by atoms with Gasteiger partial charge in [-0.3, -0.25) is 9.48 Å². The number of esters is 1. The Hall–Kier alpha value is -1.91. The molecule has 2 fully saturated rings. The summed E-state index contributed by atoms with van der Waals surface area (Å²) in [5.74, 6) is 0.344. The number of nitrogens with zero attached hydrogens (tertiary/aromatic N) is 2. The number of carbonyl (C=O) groups excluding carboxylic acids is 2. The van der Waals surface area contributed by atoms with Crippen LogP contribution in [0.4, 0.5) is 0 Å². The van der Waals surface area contributed by atoms with Gasteiger partial charge in [-0.1, -0.05) is 30.3 Å². The van der Waals surface area contributed by atoms with Crippen LogP contribution in [-0.4, -0.2) is 28.1 Å². The van der Waals surface area contributed by atoms with Gasteiger partial charge < -0.3 is 4.74 Å². The van der Waals surface area contributed by atoms with Gasteiger partial charge in [0.25, 0.3) is 0 Å². The zero-order valence-electron chi connectivity index (χ0n) is 16.5. The molecule has 0 aliphatic heterocycles. The SMILES string of the molecule is CCOC(=O)c1cc([C]2[CH][CH][CH][CH]2)n(CC(=O)c2ccccc2)n1.[CH]1[CH][CH][CH][CH]1.[Fe+2]. The summed E-state index contributed by atoms with van der Waals surface area (Å²) in [6, 6.07) is 10.7. The number of hydrogen-bond acceptors (Lipinski definition) is 4. The van der Waals surface area contributed by atoms with Crippen molar-refractivity contribution < 1.29 is 31.4 Å². The molecule has 5 nitrogen and oxygen atoms in total. The zero-order valence-corrected chi connectivity index (χ0v) is 17.7. The van der Waals surface area contributed by atoms with Crippen molar-refractivity contribution in [3.05, 3.63) is 117 Å². The van der Waals surface area contributed by atoms with Gasteiger partial charge in [0.05, 0.1) is 6.61 Å². The van der Waals surface area contributed by atoms with Gasteiger partial charge in [-0.05, 0) is 70.8 Å². The van der Waals surface area contributed by atoms with Gasteiger partial charge in [-0.15, -0.1) is 0 Å². The van der Waals surface area contributed by atoms with Crippen molar-refractivity contribution in [1.29, 1.82) is 0 Å². The standard InChI is InChI=1S/C19H17N2O3.C5H5.Fe/c1-2-24-19(23)16-12-17(14-8-6-7-9-14)21(20-16)13-18(22)15-10-4-3-5-11-15;1-2-4-5-3-1;/h3-12H,2,13H2,1H3;1-5H;/q;;+2. The van der Waals surface area contributed by atoms with E-state index in [1.165, 1.54) is 0 Å². The second kappa shape index (κ2) is 12.7. The minimum absolute atomic E-state index is 0. The average Bonchev–Trinajstić information content (AvgIpc) is 3.51. The van der Waals surface area contributed by atoms with Crippen LogP contribution in [0.15, 0.2) is 36.4 Å². The fraction of sp³-hybridized carbons (Fsp3) is 0.125. The Kier molecular flexibility index (Phi) is 10.3. The van der Waals surface area contributed by atoms with E-state index in [1.807, 2.05) is 76.0 Å². The second-order valence-corrected chi connectivity index (χ2v) is 6.22. The Bertz CT molecular complexity index is 786. The Morgan fingerprint density at radius 1 is 0.933 bits per heavy atom. The maximum atomic E-state index is 12.5. The maximum Gasteiger partial charge on any atom is 2.00 e. The number of ether oxygens (including phenoxy) is 1. The molecule has 30 heavy (non-hydrogen) atoms. The van der Waals surface area contributed by atoms with E-state index < -0.39 is 5.97 Å². The number of Topliss-reactive ketones (excluding diaryl/α,β-unsaturated/α-hetero) is 1. The molecule has 6 heteroatoms. The largest absolute Gasteiger partial charge is 2.00 e. The van der Waals surface area contributed by atoms with E-state index in [2.05, 4.69) is 5.10 Å². The number of rotatable bonds is 6.